The normalized spacial score (nSPS) is 11.6. The number of hydrogen-bond donors (Lipinski definition) is 2. The number of anilines is 1. The van der Waals surface area contributed by atoms with Gasteiger partial charge in [0.2, 0.25) is 0 Å². The summed E-state index contributed by atoms with van der Waals surface area (Å²) in [5, 5.41) is 20.9. The molecule has 1 atom stereocenters. The van der Waals surface area contributed by atoms with E-state index in [2.05, 4.69) is 11.9 Å². The van der Waals surface area contributed by atoms with Crippen molar-refractivity contribution in [1.82, 2.24) is 0 Å². The van der Waals surface area contributed by atoms with Gasteiger partial charge in [0, 0.05) is 0 Å². The molecule has 0 aliphatic rings. The zero-order valence-electron chi connectivity index (χ0n) is 8.78. The molecule has 0 radical (unpaired) electrons. The van der Waals surface area contributed by atoms with Crippen LogP contribution in [0.15, 0.2) is 30.9 Å². The van der Waals surface area contributed by atoms with Crippen LogP contribution in [0.3, 0.4) is 0 Å². The summed E-state index contributed by atoms with van der Waals surface area (Å²) in [6, 6.07) is 5.60. The summed E-state index contributed by atoms with van der Waals surface area (Å²) in [5.74, 6) is -0.452. The van der Waals surface area contributed by atoms with Crippen LogP contribution in [0.1, 0.15) is 12.0 Å². The van der Waals surface area contributed by atoms with Crippen molar-refractivity contribution >= 4 is 5.69 Å². The molecule has 2 N–H and O–H groups in total. The van der Waals surface area contributed by atoms with E-state index in [0.29, 0.717) is 12.1 Å². The minimum atomic E-state index is -0.452. The Morgan fingerprint density at radius 2 is 2.38 bits per heavy atom. The summed E-state index contributed by atoms with van der Waals surface area (Å²) in [6.45, 7) is 3.50. The van der Waals surface area contributed by atoms with E-state index in [1.54, 1.807) is 6.08 Å². The van der Waals surface area contributed by atoms with Crippen molar-refractivity contribution in [2.75, 3.05) is 11.9 Å². The quantitative estimate of drug-likeness (QED) is 0.747. The van der Waals surface area contributed by atoms with Crippen LogP contribution in [-0.2, 0) is 0 Å². The van der Waals surface area contributed by atoms with Crippen molar-refractivity contribution in [2.45, 2.75) is 12.5 Å². The number of aliphatic hydroxyl groups excluding tert-OH is 1. The lowest BCUT2D eigenvalue weighted by Gasteiger charge is -2.16. The zero-order chi connectivity index (χ0) is 12.0. The summed E-state index contributed by atoms with van der Waals surface area (Å²) in [5.41, 5.74) is 0.743. The Hall–Kier alpha value is -1.86. The molecule has 1 unspecified atom stereocenters. The molecule has 0 heterocycles. The van der Waals surface area contributed by atoms with Gasteiger partial charge < -0.3 is 10.4 Å². The lowest BCUT2D eigenvalue weighted by molar-refractivity contribution is 0.275. The van der Waals surface area contributed by atoms with E-state index >= 15 is 0 Å². The van der Waals surface area contributed by atoms with Gasteiger partial charge in [0.05, 0.1) is 23.9 Å². The molecule has 0 fully saturated rings. The molecule has 0 aliphatic carbocycles. The SMILES string of the molecule is C=CCC(CO)Nc1ccc(F)cc1C#N. The minimum Gasteiger partial charge on any atom is -0.394 e. The van der Waals surface area contributed by atoms with Crippen LogP contribution in [0.5, 0.6) is 0 Å². The molecule has 16 heavy (non-hydrogen) atoms. The molecule has 1 aromatic carbocycles. The molecule has 0 saturated heterocycles. The van der Waals surface area contributed by atoms with Crippen LogP contribution in [0.25, 0.3) is 0 Å². The van der Waals surface area contributed by atoms with E-state index in [9.17, 15) is 4.39 Å². The fourth-order valence-corrected chi connectivity index (χ4v) is 1.34. The molecule has 3 nitrogen and oxygen atoms in total. The molecular weight excluding hydrogens is 207 g/mol. The second-order valence-corrected chi connectivity index (χ2v) is 3.35. The number of nitrogens with one attached hydrogen (secondary N) is 1. The molecule has 0 bridgehead atoms. The number of halogens is 1. The molecule has 0 saturated carbocycles. The smallest absolute Gasteiger partial charge is 0.124 e. The van der Waals surface area contributed by atoms with Gasteiger partial charge in [-0.05, 0) is 24.6 Å². The summed E-state index contributed by atoms with van der Waals surface area (Å²) < 4.78 is 12.9. The highest BCUT2D eigenvalue weighted by atomic mass is 19.1. The van der Waals surface area contributed by atoms with Crippen LogP contribution < -0.4 is 5.32 Å². The van der Waals surface area contributed by atoms with Gasteiger partial charge in [0.1, 0.15) is 11.9 Å². The fraction of sp³-hybridized carbons (Fsp3) is 0.250. The van der Waals surface area contributed by atoms with E-state index in [0.717, 1.165) is 6.07 Å². The highest BCUT2D eigenvalue weighted by Crippen LogP contribution is 2.17. The fourth-order valence-electron chi connectivity index (χ4n) is 1.34. The number of benzene rings is 1. The van der Waals surface area contributed by atoms with E-state index < -0.39 is 5.82 Å². The summed E-state index contributed by atoms with van der Waals surface area (Å²) >= 11 is 0. The van der Waals surface area contributed by atoms with Crippen LogP contribution in [0.4, 0.5) is 10.1 Å². The Kier molecular flexibility index (Phi) is 4.49. The van der Waals surface area contributed by atoms with Crippen molar-refractivity contribution in [1.29, 1.82) is 5.26 Å². The Labute approximate surface area is 93.8 Å². The van der Waals surface area contributed by atoms with Crippen LogP contribution in [0.2, 0.25) is 0 Å². The third-order valence-corrected chi connectivity index (χ3v) is 2.13. The third kappa shape index (κ3) is 3.07. The monoisotopic (exact) mass is 220 g/mol. The number of aliphatic hydroxyl groups is 1. The van der Waals surface area contributed by atoms with Gasteiger partial charge in [-0.2, -0.15) is 5.26 Å². The first kappa shape index (κ1) is 12.2. The summed E-state index contributed by atoms with van der Waals surface area (Å²) in [7, 11) is 0. The number of hydrogen-bond acceptors (Lipinski definition) is 3. The predicted molar refractivity (Wildman–Crippen MR) is 60.4 cm³/mol. The highest BCUT2D eigenvalue weighted by Gasteiger charge is 2.09. The second-order valence-electron chi connectivity index (χ2n) is 3.35. The van der Waals surface area contributed by atoms with Crippen LogP contribution >= 0.6 is 0 Å². The van der Waals surface area contributed by atoms with E-state index in [1.807, 2.05) is 6.07 Å². The Morgan fingerprint density at radius 3 is 2.94 bits per heavy atom. The molecule has 0 aliphatic heterocycles. The van der Waals surface area contributed by atoms with E-state index in [-0.39, 0.29) is 18.2 Å². The van der Waals surface area contributed by atoms with Crippen molar-refractivity contribution < 1.29 is 9.50 Å². The highest BCUT2D eigenvalue weighted by molar-refractivity contribution is 5.57. The molecule has 0 spiro atoms. The van der Waals surface area contributed by atoms with Crippen LogP contribution in [0, 0.1) is 17.1 Å². The predicted octanol–water partition coefficient (Wildman–Crippen LogP) is 2.05. The molecule has 1 rings (SSSR count). The van der Waals surface area contributed by atoms with Gasteiger partial charge in [0.15, 0.2) is 0 Å². The van der Waals surface area contributed by atoms with Crippen LogP contribution in [-0.4, -0.2) is 17.8 Å². The van der Waals surface area contributed by atoms with Gasteiger partial charge in [-0.25, -0.2) is 4.39 Å². The van der Waals surface area contributed by atoms with Gasteiger partial charge in [-0.1, -0.05) is 6.08 Å². The van der Waals surface area contributed by atoms with E-state index in [1.165, 1.54) is 12.1 Å². The van der Waals surface area contributed by atoms with E-state index in [4.69, 9.17) is 10.4 Å². The standard InChI is InChI=1S/C12H13FN2O/c1-2-3-11(8-16)15-12-5-4-10(13)6-9(12)7-14/h2,4-6,11,15-16H,1,3,8H2. The first-order valence-corrected chi connectivity index (χ1v) is 4.89. The maximum Gasteiger partial charge on any atom is 0.124 e. The maximum atomic E-state index is 12.9. The molecular formula is C12H13FN2O. The first-order valence-electron chi connectivity index (χ1n) is 4.89. The largest absolute Gasteiger partial charge is 0.394 e. The molecule has 0 amide bonds. The number of nitrogens with zero attached hydrogens (tertiary/aromatic N) is 1. The zero-order valence-corrected chi connectivity index (χ0v) is 8.78. The number of nitriles is 1. The summed E-state index contributed by atoms with van der Waals surface area (Å²) in [4.78, 5) is 0. The van der Waals surface area contributed by atoms with Crippen molar-refractivity contribution in [2.24, 2.45) is 0 Å². The van der Waals surface area contributed by atoms with Crippen molar-refractivity contribution in [3.8, 4) is 6.07 Å². The molecule has 1 aromatic rings. The average molecular weight is 220 g/mol. The topological polar surface area (TPSA) is 56.0 Å². The average Bonchev–Trinajstić information content (AvgIpc) is 2.30. The number of rotatable bonds is 5. The Bertz CT molecular complexity index is 412. The third-order valence-electron chi connectivity index (χ3n) is 2.13. The van der Waals surface area contributed by atoms with Gasteiger partial charge in [-0.3, -0.25) is 0 Å². The maximum absolute atomic E-state index is 12.9. The Balaban J connectivity index is 2.87. The molecule has 0 aromatic heterocycles. The molecule has 84 valence electrons. The minimum absolute atomic E-state index is 0.0751. The van der Waals surface area contributed by atoms with Gasteiger partial charge in [-0.15, -0.1) is 6.58 Å². The first-order chi connectivity index (χ1) is 7.71. The lowest BCUT2D eigenvalue weighted by atomic mass is 10.1. The molecule has 4 heteroatoms. The lowest BCUT2D eigenvalue weighted by Crippen LogP contribution is -2.23. The van der Waals surface area contributed by atoms with Crippen molar-refractivity contribution in [3.63, 3.8) is 0 Å². The van der Waals surface area contributed by atoms with Gasteiger partial charge >= 0.3 is 0 Å². The van der Waals surface area contributed by atoms with Crippen molar-refractivity contribution in [3.05, 3.63) is 42.2 Å². The summed E-state index contributed by atoms with van der Waals surface area (Å²) in [6.07, 6.45) is 2.24. The van der Waals surface area contributed by atoms with Gasteiger partial charge in [0.25, 0.3) is 0 Å². The second kappa shape index (κ2) is 5.89. The Morgan fingerprint density at radius 1 is 1.62 bits per heavy atom.